The van der Waals surface area contributed by atoms with Gasteiger partial charge in [-0.05, 0) is 18.6 Å². The van der Waals surface area contributed by atoms with E-state index in [0.29, 0.717) is 40.7 Å². The first kappa shape index (κ1) is 19.2. The molecule has 7 heteroatoms. The number of H-pyrrole nitrogens is 1. The SMILES string of the molecule is COC(=O)c1[nH]c2cccc(OC)c2c1NC(=O)C[NH+]1C[C@H](C)C[C@@H](C)C1. The molecule has 3 rings (SSSR count). The molecule has 0 radical (unpaired) electrons. The van der Waals surface area contributed by atoms with E-state index in [1.165, 1.54) is 18.4 Å². The quantitative estimate of drug-likeness (QED) is 0.692. The highest BCUT2D eigenvalue weighted by Crippen LogP contribution is 2.35. The molecule has 7 nitrogen and oxygen atoms in total. The van der Waals surface area contributed by atoms with Gasteiger partial charge in [0.25, 0.3) is 5.91 Å². The number of anilines is 1. The summed E-state index contributed by atoms with van der Waals surface area (Å²) in [5.74, 6) is 1.15. The maximum Gasteiger partial charge on any atom is 0.356 e. The van der Waals surface area contributed by atoms with Crippen LogP contribution in [0.1, 0.15) is 30.8 Å². The van der Waals surface area contributed by atoms with E-state index in [1.807, 2.05) is 12.1 Å². The first-order valence-corrected chi connectivity index (χ1v) is 9.33. The number of rotatable bonds is 5. The van der Waals surface area contributed by atoms with E-state index in [9.17, 15) is 9.59 Å². The molecular weight excluding hydrogens is 346 g/mol. The summed E-state index contributed by atoms with van der Waals surface area (Å²) in [6.07, 6.45) is 1.21. The zero-order chi connectivity index (χ0) is 19.6. The van der Waals surface area contributed by atoms with Gasteiger partial charge in [-0.2, -0.15) is 0 Å². The van der Waals surface area contributed by atoms with E-state index in [-0.39, 0.29) is 11.6 Å². The Morgan fingerprint density at radius 1 is 1.22 bits per heavy atom. The highest BCUT2D eigenvalue weighted by molar-refractivity contribution is 6.13. The van der Waals surface area contributed by atoms with Gasteiger partial charge in [0, 0.05) is 11.8 Å². The summed E-state index contributed by atoms with van der Waals surface area (Å²) < 4.78 is 10.3. The van der Waals surface area contributed by atoms with Crippen LogP contribution in [0.4, 0.5) is 5.69 Å². The van der Waals surface area contributed by atoms with E-state index in [4.69, 9.17) is 9.47 Å². The molecule has 1 saturated heterocycles. The van der Waals surface area contributed by atoms with Crippen LogP contribution >= 0.6 is 0 Å². The number of nitrogens with one attached hydrogen (secondary N) is 3. The molecular formula is C20H28N3O4+. The summed E-state index contributed by atoms with van der Waals surface area (Å²) in [7, 11) is 2.88. The van der Waals surface area contributed by atoms with E-state index >= 15 is 0 Å². The van der Waals surface area contributed by atoms with Gasteiger partial charge in [0.2, 0.25) is 0 Å². The number of esters is 1. The highest BCUT2D eigenvalue weighted by atomic mass is 16.5. The van der Waals surface area contributed by atoms with Gasteiger partial charge in [-0.15, -0.1) is 0 Å². The molecule has 0 unspecified atom stereocenters. The third kappa shape index (κ3) is 4.08. The molecule has 0 aliphatic carbocycles. The maximum atomic E-state index is 12.8. The lowest BCUT2D eigenvalue weighted by Crippen LogP contribution is -3.15. The van der Waals surface area contributed by atoms with Gasteiger partial charge in [0.15, 0.2) is 6.54 Å². The molecule has 1 amide bonds. The fourth-order valence-electron chi connectivity index (χ4n) is 4.24. The Kier molecular flexibility index (Phi) is 5.70. The molecule has 146 valence electrons. The van der Waals surface area contributed by atoms with E-state index in [2.05, 4.69) is 24.1 Å². The molecule has 3 N–H and O–H groups in total. The zero-order valence-electron chi connectivity index (χ0n) is 16.3. The third-order valence-corrected chi connectivity index (χ3v) is 5.15. The number of aromatic amines is 1. The number of carbonyl (C=O) groups excluding carboxylic acids is 2. The summed E-state index contributed by atoms with van der Waals surface area (Å²) in [5, 5.41) is 3.60. The Balaban J connectivity index is 1.88. The van der Waals surface area contributed by atoms with Crippen molar-refractivity contribution in [1.29, 1.82) is 0 Å². The Bertz CT molecular complexity index is 835. The van der Waals surface area contributed by atoms with Crippen LogP contribution in [-0.2, 0) is 9.53 Å². The summed E-state index contributed by atoms with van der Waals surface area (Å²) in [5.41, 5.74) is 1.34. The molecule has 1 aromatic carbocycles. The molecule has 2 aromatic rings. The predicted molar refractivity (Wildman–Crippen MR) is 103 cm³/mol. The number of likely N-dealkylation sites (tertiary alicyclic amines) is 1. The van der Waals surface area contributed by atoms with Crippen molar-refractivity contribution in [1.82, 2.24) is 4.98 Å². The van der Waals surface area contributed by atoms with Crippen LogP contribution in [0.25, 0.3) is 10.9 Å². The van der Waals surface area contributed by atoms with E-state index < -0.39 is 5.97 Å². The Morgan fingerprint density at radius 2 is 1.93 bits per heavy atom. The molecule has 27 heavy (non-hydrogen) atoms. The molecule has 1 aliphatic heterocycles. The van der Waals surface area contributed by atoms with Crippen molar-refractivity contribution in [3.63, 3.8) is 0 Å². The number of benzene rings is 1. The van der Waals surface area contributed by atoms with Crippen LogP contribution in [0.2, 0.25) is 0 Å². The zero-order valence-corrected chi connectivity index (χ0v) is 16.3. The molecule has 0 spiro atoms. The van der Waals surface area contributed by atoms with E-state index in [0.717, 1.165) is 13.1 Å². The number of aromatic nitrogens is 1. The average molecular weight is 374 g/mol. The second-order valence-corrected chi connectivity index (χ2v) is 7.58. The molecule has 2 atom stereocenters. The lowest BCUT2D eigenvalue weighted by Gasteiger charge is -2.31. The number of piperidine rings is 1. The molecule has 1 aromatic heterocycles. The lowest BCUT2D eigenvalue weighted by atomic mass is 9.92. The molecule has 2 heterocycles. The van der Waals surface area contributed by atoms with Gasteiger partial charge in [0.05, 0.1) is 43.9 Å². The molecule has 0 saturated carbocycles. The number of carbonyl (C=O) groups is 2. The number of hydrogen-bond donors (Lipinski definition) is 3. The summed E-state index contributed by atoms with van der Waals surface area (Å²) in [4.78, 5) is 29.3. The lowest BCUT2D eigenvalue weighted by molar-refractivity contribution is -0.904. The van der Waals surface area contributed by atoms with Gasteiger partial charge >= 0.3 is 5.97 Å². The Morgan fingerprint density at radius 3 is 2.56 bits per heavy atom. The van der Waals surface area contributed by atoms with E-state index in [1.54, 1.807) is 13.2 Å². The monoisotopic (exact) mass is 374 g/mol. The van der Waals surface area contributed by atoms with Gasteiger partial charge in [-0.1, -0.05) is 19.9 Å². The van der Waals surface area contributed by atoms with Gasteiger partial charge in [-0.3, -0.25) is 4.79 Å². The van der Waals surface area contributed by atoms with Crippen molar-refractivity contribution in [2.45, 2.75) is 20.3 Å². The fourth-order valence-corrected chi connectivity index (χ4v) is 4.24. The smallest absolute Gasteiger partial charge is 0.356 e. The van der Waals surface area contributed by atoms with Gasteiger partial charge in [0.1, 0.15) is 11.4 Å². The third-order valence-electron chi connectivity index (χ3n) is 5.15. The van der Waals surface area contributed by atoms with Gasteiger partial charge < -0.3 is 24.7 Å². The number of hydrogen-bond acceptors (Lipinski definition) is 4. The van der Waals surface area contributed by atoms with Crippen LogP contribution in [0, 0.1) is 11.8 Å². The second-order valence-electron chi connectivity index (χ2n) is 7.58. The first-order chi connectivity index (χ1) is 12.9. The minimum atomic E-state index is -0.531. The van der Waals surface area contributed by atoms with Crippen molar-refractivity contribution in [2.75, 3.05) is 39.2 Å². The number of amides is 1. The van der Waals surface area contributed by atoms with Crippen LogP contribution in [0.15, 0.2) is 18.2 Å². The molecule has 1 aliphatic rings. The molecule has 0 bridgehead atoms. The highest BCUT2D eigenvalue weighted by Gasteiger charge is 2.28. The molecule has 1 fully saturated rings. The Labute approximate surface area is 159 Å². The topological polar surface area (TPSA) is 84.9 Å². The minimum absolute atomic E-state index is 0.122. The minimum Gasteiger partial charge on any atom is -0.496 e. The van der Waals surface area contributed by atoms with Crippen LogP contribution < -0.4 is 15.0 Å². The first-order valence-electron chi connectivity index (χ1n) is 9.33. The maximum absolute atomic E-state index is 12.8. The van der Waals surface area contributed by atoms with Crippen LogP contribution in [-0.4, -0.2) is 50.7 Å². The van der Waals surface area contributed by atoms with Crippen LogP contribution in [0.5, 0.6) is 5.75 Å². The number of fused-ring (bicyclic) bond motifs is 1. The van der Waals surface area contributed by atoms with Gasteiger partial charge in [-0.25, -0.2) is 4.79 Å². The second kappa shape index (κ2) is 8.00. The fraction of sp³-hybridized carbons (Fsp3) is 0.500. The summed E-state index contributed by atoms with van der Waals surface area (Å²) in [6, 6.07) is 5.45. The summed E-state index contributed by atoms with van der Waals surface area (Å²) in [6.45, 7) is 6.80. The normalized spacial score (nSPS) is 22.4. The summed E-state index contributed by atoms with van der Waals surface area (Å²) >= 11 is 0. The van der Waals surface area contributed by atoms with Crippen molar-refractivity contribution < 1.29 is 24.0 Å². The van der Waals surface area contributed by atoms with Crippen molar-refractivity contribution >= 4 is 28.5 Å². The predicted octanol–water partition coefficient (Wildman–Crippen LogP) is 1.46. The van der Waals surface area contributed by atoms with Crippen molar-refractivity contribution in [3.8, 4) is 5.75 Å². The number of methoxy groups -OCH3 is 2. The van der Waals surface area contributed by atoms with Crippen LogP contribution in [0.3, 0.4) is 0 Å². The largest absolute Gasteiger partial charge is 0.496 e. The number of ether oxygens (including phenoxy) is 2. The van der Waals surface area contributed by atoms with Crippen molar-refractivity contribution in [3.05, 3.63) is 23.9 Å². The van der Waals surface area contributed by atoms with Crippen molar-refractivity contribution in [2.24, 2.45) is 11.8 Å². The number of quaternary nitrogens is 1. The average Bonchev–Trinajstić information content (AvgIpc) is 2.98. The standard InChI is InChI=1S/C20H27N3O4/c1-12-8-13(2)10-23(9-12)11-16(24)22-18-17-14(6-5-7-15(17)26-3)21-19(18)20(25)27-4/h5-7,12-13,21H,8-11H2,1-4H3,(H,22,24)/p+1/t12-,13-/m1/s1. The Hall–Kier alpha value is -2.54.